The minimum Gasteiger partial charge on any atom is -0.478 e. The summed E-state index contributed by atoms with van der Waals surface area (Å²) in [7, 11) is 0. The van der Waals surface area contributed by atoms with Gasteiger partial charge < -0.3 is 5.11 Å². The van der Waals surface area contributed by atoms with Gasteiger partial charge in [-0.3, -0.25) is 0 Å². The molecule has 0 amide bonds. The molecule has 0 rings (SSSR count). The van der Waals surface area contributed by atoms with Gasteiger partial charge in [-0.25, -0.2) is 4.79 Å². The van der Waals surface area contributed by atoms with Gasteiger partial charge in [-0.15, -0.1) is 0 Å². The van der Waals surface area contributed by atoms with Crippen molar-refractivity contribution >= 4 is 5.97 Å². The number of carbonyl (C=O) groups is 1. The van der Waals surface area contributed by atoms with Crippen molar-refractivity contribution in [1.82, 2.24) is 0 Å². The molecule has 0 unspecified atom stereocenters. The molecule has 0 aromatic rings. The quantitative estimate of drug-likeness (QED) is 0.127. The van der Waals surface area contributed by atoms with Crippen LogP contribution >= 0.6 is 0 Å². The first-order chi connectivity index (χ1) is 15.1. The molecule has 1 N–H and O–H groups in total. The maximum Gasteiger partial charge on any atom is 0.330 e. The van der Waals surface area contributed by atoms with Gasteiger partial charge in [0.25, 0.3) is 0 Å². The van der Waals surface area contributed by atoms with Gasteiger partial charge in [0.2, 0.25) is 0 Å². The maximum absolute atomic E-state index is 9.60. The third-order valence-corrected chi connectivity index (χ3v) is 6.07. The number of hydrogen-bond donors (Lipinski definition) is 1. The molecule has 0 saturated heterocycles. The molecule has 0 heterocycles. The largest absolute Gasteiger partial charge is 0.478 e. The third kappa shape index (κ3) is 34.0. The Morgan fingerprint density at radius 3 is 0.710 bits per heavy atom. The number of aliphatic carboxylic acids is 1. The highest BCUT2D eigenvalue weighted by Gasteiger charge is 1.95. The lowest BCUT2D eigenvalue weighted by molar-refractivity contribution is -0.132. The van der Waals surface area contributed by atoms with E-state index in [0.717, 1.165) is 0 Å². The second-order valence-corrected chi connectivity index (χ2v) is 9.51. The molecule has 2 heteroatoms. The molecule has 186 valence electrons. The van der Waals surface area contributed by atoms with Crippen molar-refractivity contribution in [1.29, 1.82) is 0 Å². The molecular weight excluding hydrogens is 380 g/mol. The number of hydrogen-bond acceptors (Lipinski definition) is 1. The number of carboxylic acids is 1. The summed E-state index contributed by atoms with van der Waals surface area (Å²) in [4.78, 5) is 9.60. The Bertz CT molecular complexity index is 328. The first-order valence-corrected chi connectivity index (χ1v) is 13.9. The molecule has 0 radical (unpaired) electrons. The van der Waals surface area contributed by atoms with Crippen molar-refractivity contribution in [2.24, 2.45) is 0 Å². The normalized spacial score (nSPS) is 10.5. The van der Waals surface area contributed by atoms with E-state index in [9.17, 15) is 4.79 Å². The molecule has 0 saturated carbocycles. The number of unbranched alkanes of at least 4 members (excludes halogenated alkanes) is 22. The fourth-order valence-corrected chi connectivity index (χ4v) is 3.86. The molecule has 0 aliphatic rings. The van der Waals surface area contributed by atoms with Crippen LogP contribution in [0.15, 0.2) is 12.2 Å². The fourth-order valence-electron chi connectivity index (χ4n) is 3.86. The highest BCUT2D eigenvalue weighted by Crippen LogP contribution is 2.15. The second-order valence-electron chi connectivity index (χ2n) is 9.51. The van der Waals surface area contributed by atoms with E-state index in [1.165, 1.54) is 155 Å². The van der Waals surface area contributed by atoms with Crippen LogP contribution in [-0.2, 0) is 4.79 Å². The Hall–Kier alpha value is -0.790. The van der Waals surface area contributed by atoms with Crippen LogP contribution in [0.4, 0.5) is 0 Å². The third-order valence-electron chi connectivity index (χ3n) is 6.07. The van der Waals surface area contributed by atoms with Crippen molar-refractivity contribution in [3.8, 4) is 0 Å². The lowest BCUT2D eigenvalue weighted by atomic mass is 10.0. The summed E-state index contributed by atoms with van der Waals surface area (Å²) < 4.78 is 0. The van der Waals surface area contributed by atoms with Crippen molar-refractivity contribution < 1.29 is 9.90 Å². The van der Waals surface area contributed by atoms with Crippen LogP contribution in [0, 0.1) is 0 Å². The van der Waals surface area contributed by atoms with E-state index in [-0.39, 0.29) is 5.57 Å². The lowest BCUT2D eigenvalue weighted by Gasteiger charge is -2.04. The zero-order valence-corrected chi connectivity index (χ0v) is 21.8. The van der Waals surface area contributed by atoms with Gasteiger partial charge in [0.05, 0.1) is 0 Å². The molecule has 2 nitrogen and oxygen atoms in total. The lowest BCUT2D eigenvalue weighted by Crippen LogP contribution is -1.92. The Morgan fingerprint density at radius 1 is 0.484 bits per heavy atom. The molecular formula is C29H58O2. The summed E-state index contributed by atoms with van der Waals surface area (Å²) in [6.45, 7) is 9.21. The predicted octanol–water partition coefficient (Wildman–Crippen LogP) is 10.6. The summed E-state index contributed by atoms with van der Waals surface area (Å²) in [5.74, 6) is -0.935. The zero-order chi connectivity index (χ0) is 23.4. The van der Waals surface area contributed by atoms with E-state index < -0.39 is 5.97 Å². The van der Waals surface area contributed by atoms with Crippen molar-refractivity contribution in [2.45, 2.75) is 168 Å². The average Bonchev–Trinajstić information content (AvgIpc) is 2.75. The second kappa shape index (κ2) is 29.2. The van der Waals surface area contributed by atoms with Crippen LogP contribution in [-0.4, -0.2) is 11.1 Å². The van der Waals surface area contributed by atoms with Crippen LogP contribution in [0.25, 0.3) is 0 Å². The molecule has 0 aromatic heterocycles. The smallest absolute Gasteiger partial charge is 0.330 e. The minimum absolute atomic E-state index is 0.176. The van der Waals surface area contributed by atoms with Gasteiger partial charge in [-0.2, -0.15) is 0 Å². The molecule has 0 aliphatic heterocycles. The fraction of sp³-hybridized carbons (Fsp3) is 0.897. The van der Waals surface area contributed by atoms with Crippen molar-refractivity contribution in [2.75, 3.05) is 0 Å². The molecule has 0 aromatic carbocycles. The molecule has 0 spiro atoms. The summed E-state index contributed by atoms with van der Waals surface area (Å²) in [5, 5.41) is 7.89. The van der Waals surface area contributed by atoms with Crippen molar-refractivity contribution in [3.05, 3.63) is 12.2 Å². The minimum atomic E-state index is -0.935. The summed E-state index contributed by atoms with van der Waals surface area (Å²) in [6.07, 6.45) is 33.9. The topological polar surface area (TPSA) is 37.3 Å². The first kappa shape index (κ1) is 32.4. The van der Waals surface area contributed by atoms with E-state index >= 15 is 0 Å². The van der Waals surface area contributed by atoms with Crippen LogP contribution in [0.5, 0.6) is 0 Å². The maximum atomic E-state index is 9.60. The van der Waals surface area contributed by atoms with Crippen LogP contribution in [0.1, 0.15) is 168 Å². The number of rotatable bonds is 23. The van der Waals surface area contributed by atoms with Crippen LogP contribution < -0.4 is 0 Å². The van der Waals surface area contributed by atoms with Gasteiger partial charge in [0.15, 0.2) is 0 Å². The standard InChI is InChI=1S/C25H52.C4H6O2/c1-3-5-7-9-11-13-15-17-19-21-23-25-24-22-20-18-16-14-12-10-8-6-4-2;1-3(2)4(5)6/h3-25H2,1-2H3;1H2,2H3,(H,5,6). The summed E-state index contributed by atoms with van der Waals surface area (Å²) >= 11 is 0. The Balaban J connectivity index is 0. The number of carboxylic acid groups (broad SMARTS) is 1. The molecule has 0 atom stereocenters. The average molecular weight is 439 g/mol. The molecule has 0 bridgehead atoms. The van der Waals surface area contributed by atoms with E-state index in [4.69, 9.17) is 5.11 Å². The van der Waals surface area contributed by atoms with E-state index in [0.29, 0.717) is 0 Å². The van der Waals surface area contributed by atoms with E-state index in [1.54, 1.807) is 0 Å². The molecule has 31 heavy (non-hydrogen) atoms. The van der Waals surface area contributed by atoms with Gasteiger partial charge in [-0.05, 0) is 6.92 Å². The molecule has 0 fully saturated rings. The Labute approximate surface area is 196 Å². The zero-order valence-electron chi connectivity index (χ0n) is 21.8. The van der Waals surface area contributed by atoms with Gasteiger partial charge in [-0.1, -0.05) is 168 Å². The first-order valence-electron chi connectivity index (χ1n) is 13.9. The predicted molar refractivity (Wildman–Crippen MR) is 140 cm³/mol. The SMILES string of the molecule is C=C(C)C(=O)O.CCCCCCCCCCCCCCCCCCCCCCCCC. The van der Waals surface area contributed by atoms with Gasteiger partial charge in [0.1, 0.15) is 0 Å². The van der Waals surface area contributed by atoms with Crippen LogP contribution in [0.3, 0.4) is 0 Å². The highest BCUT2D eigenvalue weighted by molar-refractivity contribution is 5.84. The van der Waals surface area contributed by atoms with Crippen LogP contribution in [0.2, 0.25) is 0 Å². The van der Waals surface area contributed by atoms with Gasteiger partial charge in [0, 0.05) is 5.57 Å². The molecule has 0 aliphatic carbocycles. The Kier molecular flexibility index (Phi) is 30.5. The van der Waals surface area contributed by atoms with Gasteiger partial charge >= 0.3 is 5.97 Å². The monoisotopic (exact) mass is 438 g/mol. The Morgan fingerprint density at radius 2 is 0.613 bits per heavy atom. The summed E-state index contributed by atoms with van der Waals surface area (Å²) in [6, 6.07) is 0. The highest BCUT2D eigenvalue weighted by atomic mass is 16.4. The summed E-state index contributed by atoms with van der Waals surface area (Å²) in [5.41, 5.74) is 0.176. The van der Waals surface area contributed by atoms with Crippen molar-refractivity contribution in [3.63, 3.8) is 0 Å². The van der Waals surface area contributed by atoms with E-state index in [1.807, 2.05) is 0 Å². The van der Waals surface area contributed by atoms with E-state index in [2.05, 4.69) is 20.4 Å².